The van der Waals surface area contributed by atoms with Gasteiger partial charge < -0.3 is 10.1 Å². The van der Waals surface area contributed by atoms with Crippen LogP contribution < -0.4 is 14.8 Å². The fourth-order valence-corrected chi connectivity index (χ4v) is 2.88. The van der Waals surface area contributed by atoms with E-state index in [4.69, 9.17) is 4.74 Å². The maximum atomic E-state index is 12.1. The molecular formula is C11H13N3O3S. The zero-order valence-electron chi connectivity index (χ0n) is 9.80. The summed E-state index contributed by atoms with van der Waals surface area (Å²) < 4.78 is 31.6. The predicted octanol–water partition coefficient (Wildman–Crippen LogP) is 0.917. The molecule has 2 aliphatic rings. The fraction of sp³-hybridized carbons (Fsp3) is 0.364. The second-order valence-electron chi connectivity index (χ2n) is 4.30. The summed E-state index contributed by atoms with van der Waals surface area (Å²) in [7, 11) is -2.07. The first-order valence-corrected chi connectivity index (χ1v) is 7.12. The molecule has 96 valence electrons. The summed E-state index contributed by atoms with van der Waals surface area (Å²) >= 11 is 0. The fourth-order valence-electron chi connectivity index (χ4n) is 1.74. The first kappa shape index (κ1) is 11.3. The van der Waals surface area contributed by atoms with E-state index in [1.165, 1.54) is 13.2 Å². The van der Waals surface area contributed by atoms with E-state index >= 15 is 0 Å². The molecule has 0 bridgehead atoms. The Balaban J connectivity index is 2.04. The van der Waals surface area contributed by atoms with Crippen LogP contribution in [0.3, 0.4) is 0 Å². The van der Waals surface area contributed by atoms with Crippen LogP contribution in [0.1, 0.15) is 12.8 Å². The van der Waals surface area contributed by atoms with Crippen LogP contribution in [0.2, 0.25) is 0 Å². The van der Waals surface area contributed by atoms with Gasteiger partial charge in [-0.3, -0.25) is 0 Å². The molecule has 0 atom stereocenters. The SMILES string of the molecule is COc1ccc2c(c1)S(=O)(=O)NC(=NC1CC1)N2. The van der Waals surface area contributed by atoms with Crippen LogP contribution in [0.5, 0.6) is 5.75 Å². The maximum absolute atomic E-state index is 12.1. The Morgan fingerprint density at radius 3 is 2.83 bits per heavy atom. The van der Waals surface area contributed by atoms with Gasteiger partial charge in [-0.25, -0.2) is 18.1 Å². The quantitative estimate of drug-likeness (QED) is 0.835. The second kappa shape index (κ2) is 3.88. The lowest BCUT2D eigenvalue weighted by Gasteiger charge is -2.21. The van der Waals surface area contributed by atoms with E-state index in [-0.39, 0.29) is 10.9 Å². The number of anilines is 1. The van der Waals surface area contributed by atoms with Crippen LogP contribution in [0.4, 0.5) is 5.69 Å². The highest BCUT2D eigenvalue weighted by atomic mass is 32.2. The molecule has 1 saturated carbocycles. The van der Waals surface area contributed by atoms with Crippen LogP contribution in [-0.4, -0.2) is 27.5 Å². The number of hydrogen-bond acceptors (Lipinski definition) is 4. The molecule has 1 fully saturated rings. The van der Waals surface area contributed by atoms with Crippen molar-refractivity contribution in [2.75, 3.05) is 12.4 Å². The Bertz CT molecular complexity index is 620. The standard InChI is InChI=1S/C11H13N3O3S/c1-17-8-4-5-9-10(6-8)18(15,16)14-11(13-9)12-7-2-3-7/h4-7H,2-3H2,1H3,(H2,12,13,14). The average molecular weight is 267 g/mol. The number of rotatable bonds is 2. The molecule has 0 saturated heterocycles. The number of nitrogens with one attached hydrogen (secondary N) is 2. The van der Waals surface area contributed by atoms with Crippen molar-refractivity contribution in [3.63, 3.8) is 0 Å². The van der Waals surface area contributed by atoms with Gasteiger partial charge in [-0.1, -0.05) is 0 Å². The zero-order chi connectivity index (χ0) is 12.8. The summed E-state index contributed by atoms with van der Waals surface area (Å²) in [5.74, 6) is 0.804. The largest absolute Gasteiger partial charge is 0.497 e. The van der Waals surface area contributed by atoms with Crippen LogP contribution in [0.25, 0.3) is 0 Å². The summed E-state index contributed by atoms with van der Waals surface area (Å²) in [5.41, 5.74) is 0.522. The lowest BCUT2D eigenvalue weighted by molar-refractivity contribution is 0.413. The van der Waals surface area contributed by atoms with Crippen molar-refractivity contribution >= 4 is 21.7 Å². The van der Waals surface area contributed by atoms with Gasteiger partial charge in [-0.2, -0.15) is 0 Å². The Kier molecular flexibility index (Phi) is 2.44. The Labute approximate surface area is 105 Å². The number of aliphatic imine (C=N–C) groups is 1. The minimum Gasteiger partial charge on any atom is -0.497 e. The van der Waals surface area contributed by atoms with Crippen molar-refractivity contribution in [3.05, 3.63) is 18.2 Å². The molecule has 0 spiro atoms. The van der Waals surface area contributed by atoms with E-state index in [1.54, 1.807) is 12.1 Å². The molecule has 7 heteroatoms. The smallest absolute Gasteiger partial charge is 0.266 e. The molecule has 3 rings (SSSR count). The Morgan fingerprint density at radius 2 is 2.17 bits per heavy atom. The monoisotopic (exact) mass is 267 g/mol. The highest BCUT2D eigenvalue weighted by molar-refractivity contribution is 7.90. The predicted molar refractivity (Wildman–Crippen MR) is 67.4 cm³/mol. The highest BCUT2D eigenvalue weighted by Crippen LogP contribution is 2.30. The van der Waals surface area contributed by atoms with Crippen molar-refractivity contribution in [2.45, 2.75) is 23.8 Å². The maximum Gasteiger partial charge on any atom is 0.266 e. The van der Waals surface area contributed by atoms with Gasteiger partial charge in [0.15, 0.2) is 0 Å². The van der Waals surface area contributed by atoms with Crippen LogP contribution in [0, 0.1) is 0 Å². The van der Waals surface area contributed by atoms with Gasteiger partial charge in [0.2, 0.25) is 5.96 Å². The van der Waals surface area contributed by atoms with Gasteiger partial charge in [-0.15, -0.1) is 0 Å². The highest BCUT2D eigenvalue weighted by Gasteiger charge is 2.29. The molecule has 1 aliphatic carbocycles. The van der Waals surface area contributed by atoms with Crippen molar-refractivity contribution in [1.82, 2.24) is 4.72 Å². The molecule has 0 unspecified atom stereocenters. The molecule has 1 aromatic carbocycles. The summed E-state index contributed by atoms with van der Waals surface area (Å²) in [6, 6.07) is 5.12. The number of nitrogens with zero attached hydrogens (tertiary/aromatic N) is 1. The molecule has 6 nitrogen and oxygen atoms in total. The van der Waals surface area contributed by atoms with E-state index in [9.17, 15) is 8.42 Å². The molecule has 1 heterocycles. The van der Waals surface area contributed by atoms with Crippen LogP contribution in [0.15, 0.2) is 28.1 Å². The summed E-state index contributed by atoms with van der Waals surface area (Å²) in [6.07, 6.45) is 2.03. The van der Waals surface area contributed by atoms with Gasteiger partial charge in [0, 0.05) is 6.07 Å². The molecule has 1 aliphatic heterocycles. The minimum atomic E-state index is -3.56. The van der Waals surface area contributed by atoms with Gasteiger partial charge >= 0.3 is 0 Å². The third kappa shape index (κ3) is 2.01. The number of fused-ring (bicyclic) bond motifs is 1. The van der Waals surface area contributed by atoms with Crippen molar-refractivity contribution in [1.29, 1.82) is 0 Å². The van der Waals surface area contributed by atoms with Gasteiger partial charge in [0.25, 0.3) is 10.0 Å². The third-order valence-corrected chi connectivity index (χ3v) is 4.20. The summed E-state index contributed by atoms with van der Waals surface area (Å²) in [6.45, 7) is 0. The summed E-state index contributed by atoms with van der Waals surface area (Å²) in [5, 5.41) is 2.98. The van der Waals surface area contributed by atoms with Crippen molar-refractivity contribution < 1.29 is 13.2 Å². The summed E-state index contributed by atoms with van der Waals surface area (Å²) in [4.78, 5) is 4.45. The molecule has 0 radical (unpaired) electrons. The second-order valence-corrected chi connectivity index (χ2v) is 5.95. The normalized spacial score (nSPS) is 22.8. The molecule has 18 heavy (non-hydrogen) atoms. The zero-order valence-corrected chi connectivity index (χ0v) is 10.6. The number of sulfonamides is 1. The lowest BCUT2D eigenvalue weighted by atomic mass is 10.3. The Morgan fingerprint density at radius 1 is 1.39 bits per heavy atom. The number of hydrogen-bond donors (Lipinski definition) is 2. The molecule has 0 aromatic heterocycles. The minimum absolute atomic E-state index is 0.177. The van der Waals surface area contributed by atoms with Gasteiger partial charge in [0.1, 0.15) is 10.6 Å². The molecular weight excluding hydrogens is 254 g/mol. The number of benzene rings is 1. The molecule has 0 amide bonds. The van der Waals surface area contributed by atoms with E-state index in [0.29, 0.717) is 17.4 Å². The lowest BCUT2D eigenvalue weighted by Crippen LogP contribution is -2.40. The van der Waals surface area contributed by atoms with Gasteiger partial charge in [0.05, 0.1) is 18.8 Å². The molecule has 2 N–H and O–H groups in total. The van der Waals surface area contributed by atoms with E-state index in [2.05, 4.69) is 15.0 Å². The van der Waals surface area contributed by atoms with Crippen LogP contribution in [-0.2, 0) is 10.0 Å². The first-order chi connectivity index (χ1) is 8.58. The molecule has 1 aromatic rings. The Hall–Kier alpha value is -1.76. The number of methoxy groups -OCH3 is 1. The topological polar surface area (TPSA) is 79.8 Å². The van der Waals surface area contributed by atoms with E-state index in [1.807, 2.05) is 0 Å². The van der Waals surface area contributed by atoms with Gasteiger partial charge in [-0.05, 0) is 25.0 Å². The number of guanidine groups is 1. The van der Waals surface area contributed by atoms with E-state index < -0.39 is 10.0 Å². The van der Waals surface area contributed by atoms with Crippen molar-refractivity contribution in [2.24, 2.45) is 4.99 Å². The average Bonchev–Trinajstić information content (AvgIpc) is 3.12. The van der Waals surface area contributed by atoms with Crippen LogP contribution >= 0.6 is 0 Å². The number of ether oxygens (including phenoxy) is 1. The third-order valence-electron chi connectivity index (χ3n) is 2.82. The van der Waals surface area contributed by atoms with E-state index in [0.717, 1.165) is 12.8 Å². The first-order valence-electron chi connectivity index (χ1n) is 5.64. The van der Waals surface area contributed by atoms with Crippen molar-refractivity contribution in [3.8, 4) is 5.75 Å².